The maximum atomic E-state index is 4.82. The minimum Gasteiger partial charge on any atom is -0.340 e. The van der Waals surface area contributed by atoms with Crippen molar-refractivity contribution in [2.45, 2.75) is 46.1 Å². The molecule has 1 aromatic carbocycles. The number of rotatable bonds is 7. The Balaban J connectivity index is 1.83. The SMILES string of the molecule is CCCCN(CCCC)c1nc2n(n1)Cc1ccccc1-2. The summed E-state index contributed by atoms with van der Waals surface area (Å²) < 4.78 is 2.05. The minimum atomic E-state index is 0.855. The van der Waals surface area contributed by atoms with E-state index in [0.717, 1.165) is 31.4 Å². The number of unbranched alkanes of at least 4 members (excludes halogenated alkanes) is 2. The molecule has 0 saturated heterocycles. The Morgan fingerprint density at radius 3 is 2.52 bits per heavy atom. The van der Waals surface area contributed by atoms with Gasteiger partial charge >= 0.3 is 0 Å². The van der Waals surface area contributed by atoms with E-state index >= 15 is 0 Å². The van der Waals surface area contributed by atoms with Crippen molar-refractivity contribution < 1.29 is 0 Å². The second-order valence-electron chi connectivity index (χ2n) is 5.74. The molecule has 0 unspecified atom stereocenters. The van der Waals surface area contributed by atoms with Gasteiger partial charge < -0.3 is 4.90 Å². The van der Waals surface area contributed by atoms with E-state index in [-0.39, 0.29) is 0 Å². The van der Waals surface area contributed by atoms with Crippen LogP contribution in [0.5, 0.6) is 0 Å². The van der Waals surface area contributed by atoms with Crippen molar-refractivity contribution >= 4 is 5.95 Å². The monoisotopic (exact) mass is 284 g/mol. The fourth-order valence-electron chi connectivity index (χ4n) is 2.82. The predicted molar refractivity (Wildman–Crippen MR) is 86.6 cm³/mol. The van der Waals surface area contributed by atoms with E-state index in [1.54, 1.807) is 0 Å². The van der Waals surface area contributed by atoms with Gasteiger partial charge in [0.1, 0.15) is 0 Å². The van der Waals surface area contributed by atoms with Gasteiger partial charge in [0.2, 0.25) is 5.95 Å². The van der Waals surface area contributed by atoms with E-state index in [1.165, 1.54) is 36.8 Å². The summed E-state index contributed by atoms with van der Waals surface area (Å²) in [5, 5.41) is 4.74. The average Bonchev–Trinajstić information content (AvgIpc) is 3.05. The Morgan fingerprint density at radius 1 is 1.10 bits per heavy atom. The summed E-state index contributed by atoms with van der Waals surface area (Å²) >= 11 is 0. The van der Waals surface area contributed by atoms with Crippen molar-refractivity contribution in [3.05, 3.63) is 29.8 Å². The summed E-state index contributed by atoms with van der Waals surface area (Å²) in [7, 11) is 0. The van der Waals surface area contributed by atoms with Crippen LogP contribution in [-0.2, 0) is 6.54 Å². The maximum absolute atomic E-state index is 4.82. The highest BCUT2D eigenvalue weighted by atomic mass is 15.4. The highest BCUT2D eigenvalue weighted by Crippen LogP contribution is 2.31. The third kappa shape index (κ3) is 2.80. The summed E-state index contributed by atoms with van der Waals surface area (Å²) in [6.45, 7) is 7.43. The lowest BCUT2D eigenvalue weighted by atomic mass is 10.1. The topological polar surface area (TPSA) is 34.0 Å². The molecule has 0 saturated carbocycles. The number of fused-ring (bicyclic) bond motifs is 3. The first-order chi connectivity index (χ1) is 10.3. The first-order valence-electron chi connectivity index (χ1n) is 8.11. The Labute approximate surface area is 126 Å². The Hall–Kier alpha value is -1.84. The van der Waals surface area contributed by atoms with Crippen LogP contribution < -0.4 is 4.90 Å². The molecule has 1 aliphatic heterocycles. The van der Waals surface area contributed by atoms with Crippen LogP contribution in [0.2, 0.25) is 0 Å². The third-order valence-electron chi connectivity index (χ3n) is 4.08. The van der Waals surface area contributed by atoms with E-state index in [9.17, 15) is 0 Å². The number of anilines is 1. The molecular weight excluding hydrogens is 260 g/mol. The lowest BCUT2D eigenvalue weighted by Crippen LogP contribution is -2.27. The molecule has 0 aliphatic carbocycles. The van der Waals surface area contributed by atoms with Crippen molar-refractivity contribution in [3.63, 3.8) is 0 Å². The number of hydrogen-bond acceptors (Lipinski definition) is 3. The quantitative estimate of drug-likeness (QED) is 0.663. The van der Waals surface area contributed by atoms with E-state index in [2.05, 4.69) is 43.0 Å². The van der Waals surface area contributed by atoms with Gasteiger partial charge in [-0.1, -0.05) is 51.0 Å². The molecule has 0 amide bonds. The number of aromatic nitrogens is 3. The van der Waals surface area contributed by atoms with Gasteiger partial charge in [0.15, 0.2) is 5.82 Å². The van der Waals surface area contributed by atoms with Crippen LogP contribution in [0.4, 0.5) is 5.95 Å². The highest BCUT2D eigenvalue weighted by molar-refractivity contribution is 5.65. The third-order valence-corrected chi connectivity index (χ3v) is 4.08. The van der Waals surface area contributed by atoms with Crippen LogP contribution >= 0.6 is 0 Å². The first-order valence-corrected chi connectivity index (χ1v) is 8.11. The molecule has 2 heterocycles. The molecular formula is C17H24N4. The fourth-order valence-corrected chi connectivity index (χ4v) is 2.82. The van der Waals surface area contributed by atoms with Gasteiger partial charge in [-0.2, -0.15) is 4.98 Å². The van der Waals surface area contributed by atoms with Crippen LogP contribution in [-0.4, -0.2) is 27.9 Å². The molecule has 21 heavy (non-hydrogen) atoms. The average molecular weight is 284 g/mol. The van der Waals surface area contributed by atoms with Crippen molar-refractivity contribution in [3.8, 4) is 11.4 Å². The van der Waals surface area contributed by atoms with Crippen LogP contribution in [0, 0.1) is 0 Å². The number of nitrogens with zero attached hydrogens (tertiary/aromatic N) is 4. The molecule has 1 aromatic heterocycles. The van der Waals surface area contributed by atoms with Gasteiger partial charge in [0, 0.05) is 18.7 Å². The van der Waals surface area contributed by atoms with E-state index in [0.29, 0.717) is 0 Å². The first kappa shape index (κ1) is 14.1. The molecule has 2 aromatic rings. The standard InChI is InChI=1S/C17H24N4/c1-3-5-11-20(12-6-4-2)17-18-16-15-10-8-7-9-14(15)13-21(16)19-17/h7-10H,3-6,11-13H2,1-2H3. The molecule has 1 aliphatic rings. The van der Waals surface area contributed by atoms with E-state index in [4.69, 9.17) is 10.1 Å². The lowest BCUT2D eigenvalue weighted by molar-refractivity contribution is 0.649. The van der Waals surface area contributed by atoms with Gasteiger partial charge in [-0.05, 0) is 18.4 Å². The van der Waals surface area contributed by atoms with Gasteiger partial charge in [0.05, 0.1) is 6.54 Å². The molecule has 0 spiro atoms. The smallest absolute Gasteiger partial charge is 0.245 e. The van der Waals surface area contributed by atoms with Gasteiger partial charge in [-0.25, -0.2) is 4.68 Å². The van der Waals surface area contributed by atoms with Gasteiger partial charge in [-0.3, -0.25) is 0 Å². The lowest BCUT2D eigenvalue weighted by Gasteiger charge is -2.20. The molecule has 4 nitrogen and oxygen atoms in total. The fraction of sp³-hybridized carbons (Fsp3) is 0.529. The molecule has 0 bridgehead atoms. The summed E-state index contributed by atoms with van der Waals surface area (Å²) in [5.41, 5.74) is 2.56. The minimum absolute atomic E-state index is 0.855. The number of benzene rings is 1. The molecule has 112 valence electrons. The Bertz CT molecular complexity index is 595. The zero-order chi connectivity index (χ0) is 14.7. The summed E-state index contributed by atoms with van der Waals surface area (Å²) in [6.07, 6.45) is 4.81. The molecule has 0 atom stereocenters. The van der Waals surface area contributed by atoms with Crippen molar-refractivity contribution in [1.29, 1.82) is 0 Å². The molecule has 0 radical (unpaired) electrons. The second kappa shape index (κ2) is 6.29. The van der Waals surface area contributed by atoms with Crippen molar-refractivity contribution in [2.75, 3.05) is 18.0 Å². The molecule has 0 N–H and O–H groups in total. The normalized spacial score (nSPS) is 12.3. The van der Waals surface area contributed by atoms with Gasteiger partial charge in [-0.15, -0.1) is 5.10 Å². The summed E-state index contributed by atoms with van der Waals surface area (Å²) in [4.78, 5) is 7.16. The van der Waals surface area contributed by atoms with Crippen LogP contribution in [0.15, 0.2) is 24.3 Å². The van der Waals surface area contributed by atoms with Crippen molar-refractivity contribution in [1.82, 2.24) is 14.8 Å². The van der Waals surface area contributed by atoms with Crippen molar-refractivity contribution in [2.24, 2.45) is 0 Å². The van der Waals surface area contributed by atoms with Crippen LogP contribution in [0.3, 0.4) is 0 Å². The van der Waals surface area contributed by atoms with E-state index in [1.807, 2.05) is 4.68 Å². The summed E-state index contributed by atoms with van der Waals surface area (Å²) in [5.74, 6) is 1.93. The second-order valence-corrected chi connectivity index (χ2v) is 5.74. The predicted octanol–water partition coefficient (Wildman–Crippen LogP) is 3.71. The molecule has 3 rings (SSSR count). The zero-order valence-electron chi connectivity index (χ0n) is 13.0. The largest absolute Gasteiger partial charge is 0.340 e. The van der Waals surface area contributed by atoms with Crippen LogP contribution in [0.1, 0.15) is 45.1 Å². The Morgan fingerprint density at radius 2 is 1.81 bits per heavy atom. The molecule has 0 fully saturated rings. The van der Waals surface area contributed by atoms with Crippen LogP contribution in [0.25, 0.3) is 11.4 Å². The molecule has 4 heteroatoms. The Kier molecular flexibility index (Phi) is 4.23. The van der Waals surface area contributed by atoms with Gasteiger partial charge in [0.25, 0.3) is 0 Å². The summed E-state index contributed by atoms with van der Waals surface area (Å²) in [6, 6.07) is 8.47. The number of hydrogen-bond donors (Lipinski definition) is 0. The highest BCUT2D eigenvalue weighted by Gasteiger charge is 2.23. The zero-order valence-corrected chi connectivity index (χ0v) is 13.0. The maximum Gasteiger partial charge on any atom is 0.245 e. The van der Waals surface area contributed by atoms with E-state index < -0.39 is 0 Å².